The number of fused-ring (bicyclic) bond motifs is 5. The summed E-state index contributed by atoms with van der Waals surface area (Å²) < 4.78 is 7.67. The second kappa shape index (κ2) is 7.53. The highest BCUT2D eigenvalue weighted by Crippen LogP contribution is 2.41. The third kappa shape index (κ3) is 3.26. The summed E-state index contributed by atoms with van der Waals surface area (Å²) >= 11 is 0. The van der Waals surface area contributed by atoms with Crippen molar-refractivity contribution in [3.05, 3.63) is 35.7 Å². The molecule has 0 aliphatic carbocycles. The fraction of sp³-hybridized carbons (Fsp3) is 0.381. The van der Waals surface area contributed by atoms with Crippen LogP contribution in [-0.4, -0.2) is 58.9 Å². The van der Waals surface area contributed by atoms with E-state index in [0.717, 1.165) is 28.3 Å². The molecule has 4 heterocycles. The molecule has 3 aromatic rings. The predicted octanol–water partition coefficient (Wildman–Crippen LogP) is 2.18. The van der Waals surface area contributed by atoms with E-state index in [1.807, 2.05) is 51.2 Å². The Labute approximate surface area is 185 Å². The van der Waals surface area contributed by atoms with E-state index < -0.39 is 0 Å². The SMILES string of the molecule is CNc1cc2nn3c(cnc13)C(=O)N[C@H](C)[C@H](C)OCc1cc(c3c(c1)N(C)N(C)N3)N2. The number of amides is 1. The Hall–Kier alpha value is -3.57. The maximum Gasteiger partial charge on any atom is 0.271 e. The molecule has 4 bridgehead atoms. The van der Waals surface area contributed by atoms with Crippen LogP contribution in [-0.2, 0) is 11.3 Å². The molecule has 2 aliphatic rings. The molecule has 32 heavy (non-hydrogen) atoms. The summed E-state index contributed by atoms with van der Waals surface area (Å²) in [4.78, 5) is 17.4. The molecule has 5 rings (SSSR count). The van der Waals surface area contributed by atoms with Gasteiger partial charge >= 0.3 is 0 Å². The smallest absolute Gasteiger partial charge is 0.271 e. The maximum absolute atomic E-state index is 13.0. The van der Waals surface area contributed by atoms with Crippen molar-refractivity contribution in [2.45, 2.75) is 32.6 Å². The molecule has 2 aromatic heterocycles. The number of hydrogen-bond acceptors (Lipinski definition) is 9. The van der Waals surface area contributed by atoms with Crippen molar-refractivity contribution < 1.29 is 9.53 Å². The number of ether oxygens (including phenoxy) is 1. The first-order valence-electron chi connectivity index (χ1n) is 10.5. The lowest BCUT2D eigenvalue weighted by Crippen LogP contribution is -2.41. The molecular weight excluding hydrogens is 410 g/mol. The summed E-state index contributed by atoms with van der Waals surface area (Å²) in [5, 5.41) is 18.2. The summed E-state index contributed by atoms with van der Waals surface area (Å²) in [5.41, 5.74) is 8.88. The minimum atomic E-state index is -0.256. The number of anilines is 5. The Morgan fingerprint density at radius 3 is 2.81 bits per heavy atom. The topological polar surface area (TPSA) is 111 Å². The van der Waals surface area contributed by atoms with Crippen LogP contribution in [0.3, 0.4) is 0 Å². The van der Waals surface area contributed by atoms with Gasteiger partial charge in [0.1, 0.15) is 0 Å². The van der Waals surface area contributed by atoms with E-state index in [1.165, 1.54) is 6.20 Å². The molecule has 0 fully saturated rings. The molecule has 0 radical (unpaired) electrons. The van der Waals surface area contributed by atoms with Crippen molar-refractivity contribution in [2.24, 2.45) is 0 Å². The van der Waals surface area contributed by atoms with E-state index in [9.17, 15) is 4.79 Å². The van der Waals surface area contributed by atoms with Gasteiger partial charge in [-0.15, -0.1) is 10.2 Å². The number of nitrogens with zero attached hydrogens (tertiary/aromatic N) is 5. The van der Waals surface area contributed by atoms with Crippen LogP contribution in [0.4, 0.5) is 28.6 Å². The van der Waals surface area contributed by atoms with Gasteiger partial charge in [0.15, 0.2) is 17.2 Å². The minimum absolute atomic E-state index is 0.194. The first-order valence-corrected chi connectivity index (χ1v) is 10.5. The molecule has 1 amide bonds. The van der Waals surface area contributed by atoms with Crippen LogP contribution in [0.5, 0.6) is 0 Å². The number of hydrazine groups is 2. The molecule has 1 aromatic carbocycles. The van der Waals surface area contributed by atoms with Crippen molar-refractivity contribution in [3.8, 4) is 0 Å². The highest BCUT2D eigenvalue weighted by atomic mass is 16.5. The number of hydrogen-bond donors (Lipinski definition) is 4. The Morgan fingerprint density at radius 1 is 1.22 bits per heavy atom. The number of aromatic nitrogens is 3. The van der Waals surface area contributed by atoms with E-state index in [4.69, 9.17) is 4.74 Å². The van der Waals surface area contributed by atoms with Crippen molar-refractivity contribution in [3.63, 3.8) is 0 Å². The highest BCUT2D eigenvalue weighted by Gasteiger charge is 2.26. The molecule has 0 saturated carbocycles. The lowest BCUT2D eigenvalue weighted by atomic mass is 10.1. The predicted molar refractivity (Wildman–Crippen MR) is 123 cm³/mol. The minimum Gasteiger partial charge on any atom is -0.385 e. The molecule has 0 unspecified atom stereocenters. The average molecular weight is 438 g/mol. The fourth-order valence-electron chi connectivity index (χ4n) is 3.91. The van der Waals surface area contributed by atoms with Crippen LogP contribution in [0.25, 0.3) is 5.65 Å². The molecule has 11 nitrogen and oxygen atoms in total. The highest BCUT2D eigenvalue weighted by molar-refractivity contribution is 5.94. The normalized spacial score (nSPS) is 21.0. The molecule has 0 saturated heterocycles. The first kappa shape index (κ1) is 20.3. The first-order chi connectivity index (χ1) is 15.4. The fourth-order valence-corrected chi connectivity index (χ4v) is 3.91. The van der Waals surface area contributed by atoms with Gasteiger partial charge in [0.05, 0.1) is 47.7 Å². The summed E-state index contributed by atoms with van der Waals surface area (Å²) in [6, 6.07) is 5.83. The quantitative estimate of drug-likeness (QED) is 0.455. The van der Waals surface area contributed by atoms with Crippen LogP contribution in [0, 0.1) is 0 Å². The Balaban J connectivity index is 1.70. The van der Waals surface area contributed by atoms with Gasteiger partial charge < -0.3 is 20.7 Å². The van der Waals surface area contributed by atoms with Gasteiger partial charge in [-0.3, -0.25) is 15.2 Å². The van der Waals surface area contributed by atoms with Gasteiger partial charge in [-0.05, 0) is 31.5 Å². The number of nitrogens with one attached hydrogen (secondary N) is 4. The lowest BCUT2D eigenvalue weighted by molar-refractivity contribution is 0.0302. The summed E-state index contributed by atoms with van der Waals surface area (Å²) in [6.45, 7) is 4.29. The molecule has 4 N–H and O–H groups in total. The second-order valence-corrected chi connectivity index (χ2v) is 8.17. The standard InChI is InChI=1S/C21H27N9O2/c1-11-12(2)32-10-13-6-14(19-16(7-13)28(4)29(5)27-19)25-18-8-15(22-3)20-23-9-17(21(31)24-11)30(20)26-18/h6-9,11-12,22,27H,10H2,1-5H3,(H,24,31)(H,25,26)/t11-,12+/m1/s1. The number of benzene rings is 1. The van der Waals surface area contributed by atoms with Crippen LogP contribution >= 0.6 is 0 Å². The van der Waals surface area contributed by atoms with E-state index in [0.29, 0.717) is 23.8 Å². The van der Waals surface area contributed by atoms with Crippen molar-refractivity contribution >= 4 is 40.1 Å². The van der Waals surface area contributed by atoms with E-state index in [1.54, 1.807) is 4.52 Å². The third-order valence-corrected chi connectivity index (χ3v) is 6.06. The largest absolute Gasteiger partial charge is 0.385 e. The van der Waals surface area contributed by atoms with Crippen molar-refractivity contribution in [1.82, 2.24) is 25.0 Å². The summed E-state index contributed by atoms with van der Waals surface area (Å²) in [7, 11) is 5.76. The van der Waals surface area contributed by atoms with Crippen LogP contribution in [0.1, 0.15) is 29.9 Å². The average Bonchev–Trinajstić information content (AvgIpc) is 3.32. The molecule has 11 heteroatoms. The Bertz CT molecular complexity index is 1210. The monoisotopic (exact) mass is 437 g/mol. The van der Waals surface area contributed by atoms with Crippen LogP contribution in [0.15, 0.2) is 24.4 Å². The van der Waals surface area contributed by atoms with Gasteiger partial charge in [-0.1, -0.05) is 0 Å². The zero-order valence-electron chi connectivity index (χ0n) is 18.7. The molecule has 168 valence electrons. The molecule has 0 spiro atoms. The van der Waals surface area contributed by atoms with Crippen LogP contribution < -0.4 is 26.4 Å². The van der Waals surface area contributed by atoms with Gasteiger partial charge in [0.25, 0.3) is 5.91 Å². The zero-order chi connectivity index (χ0) is 22.6. The van der Waals surface area contributed by atoms with E-state index in [2.05, 4.69) is 43.6 Å². The van der Waals surface area contributed by atoms with Gasteiger partial charge in [0.2, 0.25) is 0 Å². The van der Waals surface area contributed by atoms with Crippen LogP contribution in [0.2, 0.25) is 0 Å². The zero-order valence-corrected chi connectivity index (χ0v) is 18.7. The second-order valence-electron chi connectivity index (χ2n) is 8.17. The summed E-state index contributed by atoms with van der Waals surface area (Å²) in [5.74, 6) is 0.320. The van der Waals surface area contributed by atoms with Gasteiger partial charge in [-0.25, -0.2) is 9.50 Å². The van der Waals surface area contributed by atoms with Gasteiger partial charge in [0, 0.05) is 27.2 Å². The van der Waals surface area contributed by atoms with Crippen molar-refractivity contribution in [2.75, 3.05) is 42.2 Å². The number of imidazole rings is 1. The lowest BCUT2D eigenvalue weighted by Gasteiger charge is -2.23. The van der Waals surface area contributed by atoms with E-state index >= 15 is 0 Å². The Morgan fingerprint density at radius 2 is 2.03 bits per heavy atom. The molecular formula is C21H27N9O2. The number of carbonyl (C=O) groups excluding carboxylic acids is 1. The molecule has 2 aliphatic heterocycles. The number of rotatable bonds is 1. The molecule has 2 atom stereocenters. The number of carbonyl (C=O) groups is 1. The Kier molecular flexibility index (Phi) is 4.79. The van der Waals surface area contributed by atoms with Gasteiger partial charge in [-0.2, -0.15) is 0 Å². The third-order valence-electron chi connectivity index (χ3n) is 6.06. The maximum atomic E-state index is 13.0. The van der Waals surface area contributed by atoms with E-state index in [-0.39, 0.29) is 18.1 Å². The van der Waals surface area contributed by atoms with Crippen molar-refractivity contribution in [1.29, 1.82) is 0 Å². The summed E-state index contributed by atoms with van der Waals surface area (Å²) in [6.07, 6.45) is 1.34.